The monoisotopic (exact) mass is 208 g/mol. The molecule has 0 radical (unpaired) electrons. The minimum absolute atomic E-state index is 0.0759. The van der Waals surface area contributed by atoms with E-state index in [1.54, 1.807) is 12.1 Å². The minimum Gasteiger partial charge on any atom is -0.398 e. The first-order valence-corrected chi connectivity index (χ1v) is 3.94. The largest absolute Gasteiger partial charge is 0.398 e. The van der Waals surface area contributed by atoms with Crippen LogP contribution < -0.4 is 5.73 Å². The Balaban J connectivity index is 3.35. The molecule has 15 heavy (non-hydrogen) atoms. The third-order valence-electron chi connectivity index (χ3n) is 1.71. The maximum Gasteiger partial charge on any atom is 0.281 e. The van der Waals surface area contributed by atoms with Crippen molar-refractivity contribution < 1.29 is 8.78 Å². The zero-order chi connectivity index (χ0) is 11.4. The van der Waals surface area contributed by atoms with E-state index in [4.69, 9.17) is 16.3 Å². The number of alkyl halides is 2. The van der Waals surface area contributed by atoms with Gasteiger partial charge in [-0.3, -0.25) is 0 Å². The lowest BCUT2D eigenvalue weighted by Crippen LogP contribution is -2.04. The Labute approximate surface area is 84.6 Å². The Bertz CT molecular complexity index is 456. The van der Waals surface area contributed by atoms with E-state index in [0.717, 1.165) is 0 Å². The van der Waals surface area contributed by atoms with Gasteiger partial charge in [-0.15, -0.1) is 0 Å². The van der Waals surface area contributed by atoms with Crippen molar-refractivity contribution in [2.24, 2.45) is 0 Å². The number of nitrogens with two attached hydrogens (primary N) is 1. The van der Waals surface area contributed by atoms with Crippen molar-refractivity contribution in [3.05, 3.63) is 23.0 Å². The molecule has 1 aromatic rings. The highest BCUT2D eigenvalue weighted by molar-refractivity contribution is 5.57. The zero-order valence-electron chi connectivity index (χ0n) is 7.54. The summed E-state index contributed by atoms with van der Waals surface area (Å²) in [5.41, 5.74) is 4.47. The second-order valence-corrected chi connectivity index (χ2v) is 2.71. The smallest absolute Gasteiger partial charge is 0.281 e. The van der Waals surface area contributed by atoms with Crippen LogP contribution >= 0.6 is 0 Å². The number of pyridine rings is 1. The maximum absolute atomic E-state index is 12.5. The highest BCUT2D eigenvalue weighted by atomic mass is 19.3. The lowest BCUT2D eigenvalue weighted by molar-refractivity contribution is 0.145. The summed E-state index contributed by atoms with van der Waals surface area (Å²) >= 11 is 0. The van der Waals surface area contributed by atoms with Crippen molar-refractivity contribution in [2.45, 2.75) is 12.8 Å². The van der Waals surface area contributed by atoms with E-state index in [1.807, 2.05) is 0 Å². The van der Waals surface area contributed by atoms with E-state index in [-0.39, 0.29) is 23.4 Å². The molecular weight excluding hydrogens is 202 g/mol. The molecular formula is C9H6F2N4. The number of aromatic nitrogens is 1. The molecule has 0 aliphatic carbocycles. The summed E-state index contributed by atoms with van der Waals surface area (Å²) in [6.07, 6.45) is -2.99. The molecule has 2 N–H and O–H groups in total. The summed E-state index contributed by atoms with van der Waals surface area (Å²) in [6, 6.07) is 4.59. The van der Waals surface area contributed by atoms with Crippen LogP contribution in [0.4, 0.5) is 14.5 Å². The summed E-state index contributed by atoms with van der Waals surface area (Å²) < 4.78 is 24.9. The number of halogens is 2. The summed E-state index contributed by atoms with van der Waals surface area (Å²) in [6.45, 7) is 0. The topological polar surface area (TPSA) is 86.5 Å². The molecule has 0 saturated heterocycles. The van der Waals surface area contributed by atoms with Gasteiger partial charge in [0.15, 0.2) is 0 Å². The summed E-state index contributed by atoms with van der Waals surface area (Å²) in [5.74, 6) is 0. The number of nitriles is 2. The Hall–Kier alpha value is -2.21. The van der Waals surface area contributed by atoms with E-state index < -0.39 is 12.1 Å². The van der Waals surface area contributed by atoms with Crippen molar-refractivity contribution in [1.82, 2.24) is 4.98 Å². The molecule has 0 atom stereocenters. The zero-order valence-corrected chi connectivity index (χ0v) is 7.54. The fourth-order valence-electron chi connectivity index (χ4n) is 1.09. The normalized spacial score (nSPS) is 9.67. The standard InChI is InChI=1S/C9H6F2N4/c10-9(11)8-6(4-13)7(14)3-5(15-8)1-2-12/h3,9H,1H2,(H2,14,15). The van der Waals surface area contributed by atoms with Gasteiger partial charge in [-0.1, -0.05) is 0 Å². The molecule has 0 aromatic carbocycles. The summed E-state index contributed by atoms with van der Waals surface area (Å²) in [7, 11) is 0. The molecule has 0 saturated carbocycles. The molecule has 0 aliphatic rings. The molecule has 0 aliphatic heterocycles. The van der Waals surface area contributed by atoms with Crippen LogP contribution in [0, 0.1) is 22.7 Å². The SMILES string of the molecule is N#CCc1cc(N)c(C#N)c(C(F)F)n1. The quantitative estimate of drug-likeness (QED) is 0.798. The van der Waals surface area contributed by atoms with Gasteiger partial charge in [-0.25, -0.2) is 13.8 Å². The van der Waals surface area contributed by atoms with Crippen LogP contribution in [0.25, 0.3) is 0 Å². The number of anilines is 1. The Morgan fingerprint density at radius 3 is 2.60 bits per heavy atom. The van der Waals surface area contributed by atoms with Crippen LogP contribution in [-0.4, -0.2) is 4.98 Å². The van der Waals surface area contributed by atoms with Crippen LogP contribution in [0.2, 0.25) is 0 Å². The predicted octanol–water partition coefficient (Wildman–Crippen LogP) is 1.54. The van der Waals surface area contributed by atoms with Gasteiger partial charge >= 0.3 is 0 Å². The fourth-order valence-corrected chi connectivity index (χ4v) is 1.09. The van der Waals surface area contributed by atoms with Crippen LogP contribution in [0.5, 0.6) is 0 Å². The van der Waals surface area contributed by atoms with Gasteiger partial charge in [0, 0.05) is 0 Å². The van der Waals surface area contributed by atoms with E-state index >= 15 is 0 Å². The third kappa shape index (κ3) is 2.18. The number of nitrogen functional groups attached to an aromatic ring is 1. The summed E-state index contributed by atoms with van der Waals surface area (Å²) in [4.78, 5) is 3.52. The number of hydrogen-bond acceptors (Lipinski definition) is 4. The van der Waals surface area contributed by atoms with Crippen LogP contribution in [0.3, 0.4) is 0 Å². The third-order valence-corrected chi connectivity index (χ3v) is 1.71. The molecule has 6 heteroatoms. The molecule has 0 amide bonds. The van der Waals surface area contributed by atoms with Gasteiger partial charge in [-0.05, 0) is 6.07 Å². The average molecular weight is 208 g/mol. The highest BCUT2D eigenvalue weighted by Crippen LogP contribution is 2.25. The van der Waals surface area contributed by atoms with Gasteiger partial charge in [0.2, 0.25) is 0 Å². The van der Waals surface area contributed by atoms with Crippen molar-refractivity contribution >= 4 is 5.69 Å². The van der Waals surface area contributed by atoms with E-state index in [1.165, 1.54) is 6.07 Å². The maximum atomic E-state index is 12.5. The Morgan fingerprint density at radius 1 is 1.47 bits per heavy atom. The number of nitrogens with zero attached hydrogens (tertiary/aromatic N) is 3. The second-order valence-electron chi connectivity index (χ2n) is 2.71. The van der Waals surface area contributed by atoms with Crippen LogP contribution in [0.15, 0.2) is 6.07 Å². The van der Waals surface area contributed by atoms with Crippen molar-refractivity contribution in [1.29, 1.82) is 10.5 Å². The molecule has 76 valence electrons. The Kier molecular flexibility index (Phi) is 3.14. The van der Waals surface area contributed by atoms with E-state index in [0.29, 0.717) is 0 Å². The first kappa shape index (κ1) is 10.9. The molecule has 1 rings (SSSR count). The van der Waals surface area contributed by atoms with Crippen LogP contribution in [-0.2, 0) is 6.42 Å². The molecule has 0 spiro atoms. The van der Waals surface area contributed by atoms with Gasteiger partial charge < -0.3 is 5.73 Å². The second kappa shape index (κ2) is 4.34. The van der Waals surface area contributed by atoms with Gasteiger partial charge in [0.25, 0.3) is 6.43 Å². The average Bonchev–Trinajstić information content (AvgIpc) is 2.17. The number of hydrogen-bond donors (Lipinski definition) is 1. The minimum atomic E-state index is -2.87. The number of rotatable bonds is 2. The molecule has 1 aromatic heterocycles. The molecule has 0 unspecified atom stereocenters. The fraction of sp³-hybridized carbons (Fsp3) is 0.222. The van der Waals surface area contributed by atoms with Crippen molar-refractivity contribution in [3.63, 3.8) is 0 Å². The lowest BCUT2D eigenvalue weighted by atomic mass is 10.1. The van der Waals surface area contributed by atoms with Crippen LogP contribution in [0.1, 0.15) is 23.4 Å². The molecule has 0 bridgehead atoms. The van der Waals surface area contributed by atoms with Gasteiger partial charge in [-0.2, -0.15) is 10.5 Å². The summed E-state index contributed by atoms with van der Waals surface area (Å²) in [5, 5.41) is 17.0. The first-order valence-electron chi connectivity index (χ1n) is 3.94. The van der Waals surface area contributed by atoms with Gasteiger partial charge in [0.1, 0.15) is 17.3 Å². The van der Waals surface area contributed by atoms with Gasteiger partial charge in [0.05, 0.1) is 23.9 Å². The highest BCUT2D eigenvalue weighted by Gasteiger charge is 2.18. The van der Waals surface area contributed by atoms with E-state index in [2.05, 4.69) is 4.98 Å². The molecule has 0 fully saturated rings. The van der Waals surface area contributed by atoms with Crippen molar-refractivity contribution in [3.8, 4) is 12.1 Å². The molecule has 4 nitrogen and oxygen atoms in total. The first-order chi connectivity index (χ1) is 7.10. The van der Waals surface area contributed by atoms with Crippen molar-refractivity contribution in [2.75, 3.05) is 5.73 Å². The molecule has 1 heterocycles. The Morgan fingerprint density at radius 2 is 2.13 bits per heavy atom. The predicted molar refractivity (Wildman–Crippen MR) is 47.6 cm³/mol. The van der Waals surface area contributed by atoms with E-state index in [9.17, 15) is 8.78 Å². The lowest BCUT2D eigenvalue weighted by Gasteiger charge is -2.06.